The maximum Gasteiger partial charge on any atom is 0.264 e. The molecule has 76 valence electrons. The number of rotatable bonds is 1. The Morgan fingerprint density at radius 2 is 2.43 bits per heavy atom. The Morgan fingerprint density at radius 3 is 3.00 bits per heavy atom. The Labute approximate surface area is 95.2 Å². The molecule has 0 aliphatic carbocycles. The summed E-state index contributed by atoms with van der Waals surface area (Å²) in [4.78, 5) is 18.7. The van der Waals surface area contributed by atoms with E-state index in [-0.39, 0.29) is 11.5 Å². The van der Waals surface area contributed by atoms with Gasteiger partial charge in [0.1, 0.15) is 5.82 Å². The number of halogens is 1. The zero-order chi connectivity index (χ0) is 10.1. The van der Waals surface area contributed by atoms with Crippen molar-refractivity contribution < 1.29 is 4.74 Å². The van der Waals surface area contributed by atoms with Crippen molar-refractivity contribution in [2.24, 2.45) is 0 Å². The van der Waals surface area contributed by atoms with E-state index in [1.165, 1.54) is 0 Å². The number of hydrogen-bond donors (Lipinski definition) is 1. The third kappa shape index (κ3) is 1.83. The van der Waals surface area contributed by atoms with Crippen LogP contribution in [-0.4, -0.2) is 23.2 Å². The normalized spacial score (nSPS) is 21.4. The van der Waals surface area contributed by atoms with Crippen molar-refractivity contribution in [1.29, 1.82) is 0 Å². The van der Waals surface area contributed by atoms with E-state index in [1.807, 2.05) is 29.5 Å². The first-order valence-corrected chi connectivity index (χ1v) is 5.60. The maximum absolute atomic E-state index is 11.5. The van der Waals surface area contributed by atoms with E-state index in [4.69, 9.17) is 4.74 Å². The van der Waals surface area contributed by atoms with Crippen LogP contribution in [0.3, 0.4) is 0 Å². The van der Waals surface area contributed by atoms with E-state index in [9.17, 15) is 4.79 Å². The zero-order valence-corrected chi connectivity index (χ0v) is 10.00. The summed E-state index contributed by atoms with van der Waals surface area (Å²) in [7, 11) is 0. The first-order valence-electron chi connectivity index (χ1n) is 4.52. The quantitative estimate of drug-likeness (QED) is 0.793. The molecule has 1 aromatic rings. The van der Waals surface area contributed by atoms with Gasteiger partial charge >= 0.3 is 0 Å². The number of aromatic amines is 1. The topological polar surface area (TPSA) is 55.0 Å². The van der Waals surface area contributed by atoms with Crippen LogP contribution in [0.2, 0.25) is 0 Å². The van der Waals surface area contributed by atoms with Gasteiger partial charge in [0.2, 0.25) is 0 Å². The molecule has 1 unspecified atom stereocenters. The van der Waals surface area contributed by atoms with Gasteiger partial charge in [-0.25, -0.2) is 4.98 Å². The van der Waals surface area contributed by atoms with Gasteiger partial charge in [-0.05, 0) is 35.9 Å². The molecule has 0 aromatic carbocycles. The SMILES string of the molecule is Cc1nc(C2CCOC2)[nH]c(=O)c1I. The fourth-order valence-corrected chi connectivity index (χ4v) is 1.79. The standard InChI is InChI=1S/C9H11IN2O2/c1-5-7(10)9(13)12-8(11-5)6-2-3-14-4-6/h6H,2-4H2,1H3,(H,11,12,13). The molecule has 1 saturated heterocycles. The molecular formula is C9H11IN2O2. The van der Waals surface area contributed by atoms with Crippen molar-refractivity contribution in [2.75, 3.05) is 13.2 Å². The molecule has 0 spiro atoms. The Kier molecular flexibility index (Phi) is 2.87. The largest absolute Gasteiger partial charge is 0.381 e. The molecule has 1 aliphatic rings. The number of hydrogen-bond acceptors (Lipinski definition) is 3. The van der Waals surface area contributed by atoms with Crippen molar-refractivity contribution in [2.45, 2.75) is 19.3 Å². The van der Waals surface area contributed by atoms with Gasteiger partial charge in [0.05, 0.1) is 15.9 Å². The molecule has 1 fully saturated rings. The summed E-state index contributed by atoms with van der Waals surface area (Å²) in [5, 5.41) is 0. The summed E-state index contributed by atoms with van der Waals surface area (Å²) < 4.78 is 5.93. The first kappa shape index (κ1) is 10.1. The number of H-pyrrole nitrogens is 1. The zero-order valence-electron chi connectivity index (χ0n) is 7.84. The fourth-order valence-electron chi connectivity index (χ4n) is 1.54. The van der Waals surface area contributed by atoms with Crippen LogP contribution in [0.4, 0.5) is 0 Å². The van der Waals surface area contributed by atoms with Gasteiger partial charge in [-0.2, -0.15) is 0 Å². The third-order valence-electron chi connectivity index (χ3n) is 2.36. The van der Waals surface area contributed by atoms with E-state index >= 15 is 0 Å². The second-order valence-electron chi connectivity index (χ2n) is 3.41. The van der Waals surface area contributed by atoms with Gasteiger partial charge in [0.25, 0.3) is 5.56 Å². The summed E-state index contributed by atoms with van der Waals surface area (Å²) in [5.74, 6) is 1.03. The molecule has 1 aliphatic heterocycles. The van der Waals surface area contributed by atoms with E-state index in [2.05, 4.69) is 9.97 Å². The van der Waals surface area contributed by atoms with Crippen LogP contribution >= 0.6 is 22.6 Å². The molecule has 0 amide bonds. The van der Waals surface area contributed by atoms with Crippen molar-refractivity contribution in [1.82, 2.24) is 9.97 Å². The molecule has 0 bridgehead atoms. The van der Waals surface area contributed by atoms with Crippen LogP contribution in [0, 0.1) is 10.5 Å². The number of nitrogens with one attached hydrogen (secondary N) is 1. The summed E-state index contributed by atoms with van der Waals surface area (Å²) in [6, 6.07) is 0. The highest BCUT2D eigenvalue weighted by Crippen LogP contribution is 2.21. The lowest BCUT2D eigenvalue weighted by Gasteiger charge is -2.07. The Morgan fingerprint density at radius 1 is 1.64 bits per heavy atom. The molecule has 4 nitrogen and oxygen atoms in total. The molecule has 14 heavy (non-hydrogen) atoms. The minimum Gasteiger partial charge on any atom is -0.381 e. The summed E-state index contributed by atoms with van der Waals surface area (Å²) >= 11 is 2.01. The average molecular weight is 306 g/mol. The van der Waals surface area contributed by atoms with Crippen molar-refractivity contribution >= 4 is 22.6 Å². The van der Waals surface area contributed by atoms with Crippen molar-refractivity contribution in [3.63, 3.8) is 0 Å². The van der Waals surface area contributed by atoms with Crippen molar-refractivity contribution in [3.8, 4) is 0 Å². The smallest absolute Gasteiger partial charge is 0.264 e. The molecule has 1 N–H and O–H groups in total. The fraction of sp³-hybridized carbons (Fsp3) is 0.556. The summed E-state index contributed by atoms with van der Waals surface area (Å²) in [6.07, 6.45) is 0.947. The molecule has 2 rings (SSSR count). The number of ether oxygens (including phenoxy) is 1. The highest BCUT2D eigenvalue weighted by molar-refractivity contribution is 14.1. The van der Waals surface area contributed by atoms with Gasteiger partial charge in [-0.15, -0.1) is 0 Å². The molecule has 0 radical (unpaired) electrons. The van der Waals surface area contributed by atoms with Crippen molar-refractivity contribution in [3.05, 3.63) is 25.4 Å². The Hall–Kier alpha value is -0.430. The third-order valence-corrected chi connectivity index (χ3v) is 3.63. The first-order chi connectivity index (χ1) is 6.68. The second kappa shape index (κ2) is 3.98. The van der Waals surface area contributed by atoms with Gasteiger partial charge in [0, 0.05) is 12.5 Å². The average Bonchev–Trinajstić information content (AvgIpc) is 2.66. The lowest BCUT2D eigenvalue weighted by atomic mass is 10.1. The van der Waals surface area contributed by atoms with Gasteiger partial charge < -0.3 is 9.72 Å². The molecule has 2 heterocycles. The van der Waals surface area contributed by atoms with Crippen LogP contribution in [0.5, 0.6) is 0 Å². The van der Waals surface area contributed by atoms with E-state index in [1.54, 1.807) is 0 Å². The maximum atomic E-state index is 11.5. The van der Waals surface area contributed by atoms with Gasteiger partial charge in [-0.1, -0.05) is 0 Å². The highest BCUT2D eigenvalue weighted by atomic mass is 127. The number of aryl methyl sites for hydroxylation is 1. The number of nitrogens with zero attached hydrogens (tertiary/aromatic N) is 1. The molecule has 0 saturated carbocycles. The predicted octanol–water partition coefficient (Wildman–Crippen LogP) is 1.19. The highest BCUT2D eigenvalue weighted by Gasteiger charge is 2.20. The Bertz CT molecular complexity index is 396. The van der Waals surface area contributed by atoms with Crippen LogP contribution < -0.4 is 5.56 Å². The minimum absolute atomic E-state index is 0.0417. The van der Waals surface area contributed by atoms with Crippen LogP contribution in [0.1, 0.15) is 23.9 Å². The molecule has 1 atom stereocenters. The number of aromatic nitrogens is 2. The van der Waals surface area contributed by atoms with E-state index < -0.39 is 0 Å². The van der Waals surface area contributed by atoms with Crippen LogP contribution in [0.15, 0.2) is 4.79 Å². The van der Waals surface area contributed by atoms with Crippen LogP contribution in [-0.2, 0) is 4.74 Å². The molecule has 1 aromatic heterocycles. The summed E-state index contributed by atoms with van der Waals surface area (Å²) in [6.45, 7) is 3.29. The van der Waals surface area contributed by atoms with Gasteiger partial charge in [0.15, 0.2) is 0 Å². The lowest BCUT2D eigenvalue weighted by Crippen LogP contribution is -2.19. The van der Waals surface area contributed by atoms with Crippen LogP contribution in [0.25, 0.3) is 0 Å². The second-order valence-corrected chi connectivity index (χ2v) is 4.49. The molecule has 5 heteroatoms. The van der Waals surface area contributed by atoms with Gasteiger partial charge in [-0.3, -0.25) is 4.79 Å². The Balaban J connectivity index is 2.39. The lowest BCUT2D eigenvalue weighted by molar-refractivity contribution is 0.193. The summed E-state index contributed by atoms with van der Waals surface area (Å²) in [5.41, 5.74) is 0.760. The van der Waals surface area contributed by atoms with E-state index in [0.29, 0.717) is 10.2 Å². The minimum atomic E-state index is -0.0417. The monoisotopic (exact) mass is 306 g/mol. The predicted molar refractivity (Wildman–Crippen MR) is 60.5 cm³/mol. The van der Waals surface area contributed by atoms with E-state index in [0.717, 1.165) is 24.5 Å². The molecular weight excluding hydrogens is 295 g/mol.